The van der Waals surface area contributed by atoms with Gasteiger partial charge in [0.25, 0.3) is 0 Å². The molecule has 2 N–H and O–H groups in total. The predicted molar refractivity (Wildman–Crippen MR) is 54.1 cm³/mol. The van der Waals surface area contributed by atoms with Gasteiger partial charge >= 0.3 is 0 Å². The summed E-state index contributed by atoms with van der Waals surface area (Å²) < 4.78 is -1.64. The second-order valence-corrected chi connectivity index (χ2v) is 4.51. The van der Waals surface area contributed by atoms with Crippen LogP contribution in [-0.4, -0.2) is 14.9 Å². The van der Waals surface area contributed by atoms with Crippen molar-refractivity contribution in [3.63, 3.8) is 0 Å². The Balaban J connectivity index is 3.01. The Bertz CT molecular complexity index is 99.2. The van der Waals surface area contributed by atoms with Gasteiger partial charge in [-0.3, -0.25) is 0 Å². The van der Waals surface area contributed by atoms with Crippen LogP contribution in [-0.2, 0) is 0 Å². The van der Waals surface area contributed by atoms with E-state index >= 15 is 0 Å². The first-order valence-electron chi connectivity index (χ1n) is 4.70. The molecule has 0 saturated heterocycles. The van der Waals surface area contributed by atoms with Gasteiger partial charge in [0.15, 0.2) is 0 Å². The molecule has 0 aromatic heterocycles. The van der Waals surface area contributed by atoms with E-state index < -0.39 is 4.70 Å². The Kier molecular flexibility index (Phi) is 7.10. The largest absolute Gasteiger partial charge is 0.357 e. The monoisotopic (exact) mass is 238 g/mol. The van der Waals surface area contributed by atoms with E-state index in [1.807, 2.05) is 0 Å². The van der Waals surface area contributed by atoms with E-state index in [-0.39, 0.29) is 0 Å². The highest BCUT2D eigenvalue weighted by molar-refractivity contribution is 9.09. The van der Waals surface area contributed by atoms with Gasteiger partial charge in [0, 0.05) is 6.42 Å². The Morgan fingerprint density at radius 1 is 1.00 bits per heavy atom. The van der Waals surface area contributed by atoms with Crippen molar-refractivity contribution < 1.29 is 10.2 Å². The van der Waals surface area contributed by atoms with Crippen LogP contribution in [0.5, 0.6) is 0 Å². The Morgan fingerprint density at radius 2 is 1.50 bits per heavy atom. The quantitative estimate of drug-likeness (QED) is 0.407. The zero-order valence-corrected chi connectivity index (χ0v) is 9.31. The average Bonchev–Trinajstić information content (AvgIpc) is 1.94. The van der Waals surface area contributed by atoms with Crippen LogP contribution in [0.2, 0.25) is 0 Å². The van der Waals surface area contributed by atoms with Gasteiger partial charge in [-0.1, -0.05) is 39.0 Å². The van der Waals surface area contributed by atoms with Gasteiger partial charge in [-0.25, -0.2) is 0 Å². The summed E-state index contributed by atoms with van der Waals surface area (Å²) in [6.07, 6.45) is 7.40. The maximum atomic E-state index is 8.89. The van der Waals surface area contributed by atoms with Crippen LogP contribution in [0.4, 0.5) is 0 Å². The smallest absolute Gasteiger partial charge is 0.221 e. The summed E-state index contributed by atoms with van der Waals surface area (Å²) >= 11 is 2.77. The average molecular weight is 239 g/mol. The summed E-state index contributed by atoms with van der Waals surface area (Å²) in [5, 5.41) is 17.8. The molecule has 0 atom stereocenters. The van der Waals surface area contributed by atoms with E-state index in [9.17, 15) is 0 Å². The van der Waals surface area contributed by atoms with Gasteiger partial charge in [0.2, 0.25) is 4.70 Å². The van der Waals surface area contributed by atoms with Crippen molar-refractivity contribution in [2.24, 2.45) is 0 Å². The lowest BCUT2D eigenvalue weighted by molar-refractivity contribution is -0.0753. The molecule has 2 nitrogen and oxygen atoms in total. The van der Waals surface area contributed by atoms with Gasteiger partial charge in [0.05, 0.1) is 0 Å². The highest BCUT2D eigenvalue weighted by Crippen LogP contribution is 2.18. The zero-order valence-electron chi connectivity index (χ0n) is 7.72. The fourth-order valence-electron chi connectivity index (χ4n) is 1.13. The number of rotatable bonds is 7. The normalized spacial score (nSPS) is 12.0. The third-order valence-electron chi connectivity index (χ3n) is 1.85. The lowest BCUT2D eigenvalue weighted by Gasteiger charge is -2.12. The molecule has 12 heavy (non-hydrogen) atoms. The van der Waals surface area contributed by atoms with E-state index in [4.69, 9.17) is 10.2 Å². The van der Waals surface area contributed by atoms with Crippen molar-refractivity contribution in [3.05, 3.63) is 0 Å². The molecule has 0 saturated carbocycles. The summed E-state index contributed by atoms with van der Waals surface area (Å²) in [7, 11) is 0. The van der Waals surface area contributed by atoms with Crippen molar-refractivity contribution in [2.45, 2.75) is 56.6 Å². The van der Waals surface area contributed by atoms with E-state index in [1.165, 1.54) is 25.7 Å². The van der Waals surface area contributed by atoms with E-state index in [1.54, 1.807) is 0 Å². The number of hydrogen-bond donors (Lipinski definition) is 2. The van der Waals surface area contributed by atoms with Gasteiger partial charge in [-0.05, 0) is 22.4 Å². The van der Waals surface area contributed by atoms with E-state index in [2.05, 4.69) is 22.9 Å². The van der Waals surface area contributed by atoms with Gasteiger partial charge in [0.1, 0.15) is 0 Å². The first-order chi connectivity index (χ1) is 5.56. The van der Waals surface area contributed by atoms with Crippen molar-refractivity contribution in [1.29, 1.82) is 0 Å². The molecule has 0 bridgehead atoms. The number of hydrogen-bond acceptors (Lipinski definition) is 2. The molecule has 0 heterocycles. The first-order valence-corrected chi connectivity index (χ1v) is 5.49. The highest BCUT2D eigenvalue weighted by atomic mass is 79.9. The fraction of sp³-hybridized carbons (Fsp3) is 1.00. The molecular weight excluding hydrogens is 220 g/mol. The van der Waals surface area contributed by atoms with Crippen molar-refractivity contribution in [2.75, 3.05) is 0 Å². The van der Waals surface area contributed by atoms with Gasteiger partial charge in [-0.2, -0.15) is 0 Å². The molecular formula is C9H19BrO2. The van der Waals surface area contributed by atoms with Crippen LogP contribution in [0.15, 0.2) is 0 Å². The molecule has 0 aliphatic heterocycles. The van der Waals surface area contributed by atoms with E-state index in [0.717, 1.165) is 12.8 Å². The molecule has 0 rings (SSSR count). The van der Waals surface area contributed by atoms with Crippen LogP contribution >= 0.6 is 15.9 Å². The standard InChI is InChI=1S/C9H19BrO2/c1-2-3-4-5-6-7-8-9(10,11)12/h11-12H,2-8H2,1H3. The third kappa shape index (κ3) is 10.4. The summed E-state index contributed by atoms with van der Waals surface area (Å²) in [5.41, 5.74) is 0. The third-order valence-corrected chi connectivity index (χ3v) is 2.24. The van der Waals surface area contributed by atoms with Crippen molar-refractivity contribution in [1.82, 2.24) is 0 Å². The molecule has 0 aliphatic rings. The SMILES string of the molecule is CCCCCCCCC(O)(O)Br. The highest BCUT2D eigenvalue weighted by Gasteiger charge is 2.15. The molecule has 74 valence electrons. The summed E-state index contributed by atoms with van der Waals surface area (Å²) in [5.74, 6) is 0. The maximum absolute atomic E-state index is 8.89. The molecule has 0 radical (unpaired) electrons. The molecule has 0 fully saturated rings. The molecule has 0 aromatic rings. The number of alkyl halides is 1. The molecule has 3 heteroatoms. The second-order valence-electron chi connectivity index (χ2n) is 3.24. The van der Waals surface area contributed by atoms with Gasteiger partial charge < -0.3 is 10.2 Å². The van der Waals surface area contributed by atoms with Crippen molar-refractivity contribution in [3.8, 4) is 0 Å². The van der Waals surface area contributed by atoms with Crippen LogP contribution in [0, 0.1) is 0 Å². The predicted octanol–water partition coefficient (Wildman–Crippen LogP) is 2.77. The topological polar surface area (TPSA) is 40.5 Å². The van der Waals surface area contributed by atoms with Gasteiger partial charge in [-0.15, -0.1) is 0 Å². The minimum atomic E-state index is -1.64. The summed E-state index contributed by atoms with van der Waals surface area (Å²) in [4.78, 5) is 0. The van der Waals surface area contributed by atoms with Crippen LogP contribution in [0.25, 0.3) is 0 Å². The minimum Gasteiger partial charge on any atom is -0.357 e. The molecule has 0 aromatic carbocycles. The van der Waals surface area contributed by atoms with Crippen LogP contribution in [0.1, 0.15) is 51.9 Å². The number of aliphatic hydroxyl groups is 2. The summed E-state index contributed by atoms with van der Waals surface area (Å²) in [6, 6.07) is 0. The molecule has 0 aliphatic carbocycles. The van der Waals surface area contributed by atoms with Crippen LogP contribution in [0.3, 0.4) is 0 Å². The van der Waals surface area contributed by atoms with E-state index in [0.29, 0.717) is 6.42 Å². The molecule has 0 amide bonds. The Labute approximate surface area is 83.1 Å². The maximum Gasteiger partial charge on any atom is 0.221 e. The Morgan fingerprint density at radius 3 is 2.00 bits per heavy atom. The van der Waals surface area contributed by atoms with Crippen molar-refractivity contribution >= 4 is 15.9 Å². The number of halogens is 1. The minimum absolute atomic E-state index is 0.416. The first kappa shape index (κ1) is 12.4. The van der Waals surface area contributed by atoms with Crippen LogP contribution < -0.4 is 0 Å². The lowest BCUT2D eigenvalue weighted by atomic mass is 10.1. The second kappa shape index (κ2) is 6.87. The lowest BCUT2D eigenvalue weighted by Crippen LogP contribution is -2.17. The Hall–Kier alpha value is 0.400. The molecule has 0 unspecified atom stereocenters. The fourth-order valence-corrected chi connectivity index (χ4v) is 1.41. The molecule has 0 spiro atoms. The summed E-state index contributed by atoms with van der Waals surface area (Å²) in [6.45, 7) is 2.19. The zero-order chi connectivity index (χ0) is 9.45. The number of unbranched alkanes of at least 4 members (excludes halogenated alkanes) is 5.